The number of fused-ring (bicyclic) bond motifs is 1. The van der Waals surface area contributed by atoms with Crippen molar-refractivity contribution in [3.05, 3.63) is 60.3 Å². The van der Waals surface area contributed by atoms with E-state index in [0.717, 1.165) is 16.5 Å². The highest BCUT2D eigenvalue weighted by atomic mass is 32.2. The Morgan fingerprint density at radius 3 is 2.60 bits per heavy atom. The molecule has 0 unspecified atom stereocenters. The van der Waals surface area contributed by atoms with Crippen LogP contribution in [0.1, 0.15) is 5.56 Å². The lowest BCUT2D eigenvalue weighted by atomic mass is 10.2. The van der Waals surface area contributed by atoms with E-state index in [0.29, 0.717) is 10.6 Å². The molecule has 0 bridgehead atoms. The summed E-state index contributed by atoms with van der Waals surface area (Å²) in [7, 11) is -3.58. The number of aromatic nitrogens is 1. The number of hydrogen-bond acceptors (Lipinski definition) is 2. The second-order valence-corrected chi connectivity index (χ2v) is 6.27. The number of para-hydroxylation sites is 1. The molecule has 0 saturated carbocycles. The third kappa shape index (κ3) is 2.16. The van der Waals surface area contributed by atoms with Crippen LogP contribution >= 0.6 is 0 Å². The van der Waals surface area contributed by atoms with Crippen LogP contribution in [0.15, 0.2) is 59.6 Å². The van der Waals surface area contributed by atoms with Gasteiger partial charge in [-0.05, 0) is 30.7 Å². The number of aromatic amines is 1. The number of anilines is 1. The lowest BCUT2D eigenvalue weighted by molar-refractivity contribution is 0.600. The molecule has 0 spiro atoms. The van der Waals surface area contributed by atoms with Gasteiger partial charge in [-0.1, -0.05) is 30.3 Å². The average molecular weight is 286 g/mol. The minimum atomic E-state index is -3.58. The molecule has 0 aliphatic heterocycles. The summed E-state index contributed by atoms with van der Waals surface area (Å²) in [6.07, 6.45) is 1.79. The van der Waals surface area contributed by atoms with Gasteiger partial charge in [-0.2, -0.15) is 0 Å². The third-order valence-corrected chi connectivity index (χ3v) is 4.74. The standard InChI is InChI=1S/C15H14N2O2S/c1-11-5-2-3-8-14(11)20(18,19)17-13-7-4-6-12-9-10-16-15(12)13/h2-10,16-17H,1H3. The van der Waals surface area contributed by atoms with Crippen molar-refractivity contribution < 1.29 is 8.42 Å². The van der Waals surface area contributed by atoms with Crippen LogP contribution in [-0.2, 0) is 10.0 Å². The fourth-order valence-corrected chi connectivity index (χ4v) is 3.55. The van der Waals surface area contributed by atoms with E-state index in [1.807, 2.05) is 24.3 Å². The number of benzene rings is 2. The molecule has 0 fully saturated rings. The number of hydrogen-bond donors (Lipinski definition) is 2. The van der Waals surface area contributed by atoms with Crippen molar-refractivity contribution in [3.63, 3.8) is 0 Å². The van der Waals surface area contributed by atoms with Gasteiger partial charge in [0.15, 0.2) is 0 Å². The summed E-state index contributed by atoms with van der Waals surface area (Å²) < 4.78 is 27.6. The largest absolute Gasteiger partial charge is 0.359 e. The summed E-state index contributed by atoms with van der Waals surface area (Å²) in [6, 6.07) is 14.3. The highest BCUT2D eigenvalue weighted by Gasteiger charge is 2.17. The Labute approximate surface area is 117 Å². The van der Waals surface area contributed by atoms with Gasteiger partial charge in [-0.15, -0.1) is 0 Å². The van der Waals surface area contributed by atoms with Crippen LogP contribution in [0.3, 0.4) is 0 Å². The van der Waals surface area contributed by atoms with E-state index in [4.69, 9.17) is 0 Å². The predicted molar refractivity (Wildman–Crippen MR) is 80.3 cm³/mol. The van der Waals surface area contributed by atoms with E-state index in [1.54, 1.807) is 37.4 Å². The van der Waals surface area contributed by atoms with Gasteiger partial charge >= 0.3 is 0 Å². The van der Waals surface area contributed by atoms with Crippen LogP contribution in [0.5, 0.6) is 0 Å². The van der Waals surface area contributed by atoms with Gasteiger partial charge < -0.3 is 4.98 Å². The molecular formula is C15H14N2O2S. The van der Waals surface area contributed by atoms with E-state index in [9.17, 15) is 8.42 Å². The SMILES string of the molecule is Cc1ccccc1S(=O)(=O)Nc1cccc2cc[nH]c12. The molecule has 5 heteroatoms. The lowest BCUT2D eigenvalue weighted by Crippen LogP contribution is -2.14. The maximum absolute atomic E-state index is 12.5. The number of rotatable bonds is 3. The second kappa shape index (κ2) is 4.68. The number of nitrogens with one attached hydrogen (secondary N) is 2. The summed E-state index contributed by atoms with van der Waals surface area (Å²) >= 11 is 0. The normalized spacial score (nSPS) is 11.7. The minimum absolute atomic E-state index is 0.295. The van der Waals surface area contributed by atoms with Gasteiger partial charge in [0.2, 0.25) is 0 Å². The molecule has 2 aromatic carbocycles. The van der Waals surface area contributed by atoms with Crippen LogP contribution in [0, 0.1) is 6.92 Å². The zero-order valence-electron chi connectivity index (χ0n) is 10.9. The lowest BCUT2D eigenvalue weighted by Gasteiger charge is -2.11. The molecular weight excluding hydrogens is 272 g/mol. The second-order valence-electron chi connectivity index (χ2n) is 4.62. The van der Waals surface area contributed by atoms with Gasteiger partial charge in [-0.25, -0.2) is 8.42 Å². The van der Waals surface area contributed by atoms with Gasteiger partial charge in [0.25, 0.3) is 10.0 Å². The molecule has 2 N–H and O–H groups in total. The zero-order chi connectivity index (χ0) is 14.2. The Morgan fingerprint density at radius 1 is 1.00 bits per heavy atom. The molecule has 4 nitrogen and oxygen atoms in total. The van der Waals surface area contributed by atoms with Crippen molar-refractivity contribution in [2.75, 3.05) is 4.72 Å². The van der Waals surface area contributed by atoms with Gasteiger partial charge in [0.1, 0.15) is 0 Å². The topological polar surface area (TPSA) is 62.0 Å². The van der Waals surface area contributed by atoms with Gasteiger partial charge in [0, 0.05) is 11.6 Å². The van der Waals surface area contributed by atoms with Crippen molar-refractivity contribution in [1.82, 2.24) is 4.98 Å². The first-order chi connectivity index (χ1) is 9.58. The summed E-state index contributed by atoms with van der Waals surface area (Å²) in [5, 5.41) is 0.968. The first-order valence-corrected chi connectivity index (χ1v) is 7.71. The van der Waals surface area contributed by atoms with E-state index < -0.39 is 10.0 Å². The fraction of sp³-hybridized carbons (Fsp3) is 0.0667. The Kier molecular flexibility index (Phi) is 2.99. The highest BCUT2D eigenvalue weighted by molar-refractivity contribution is 7.92. The van der Waals surface area contributed by atoms with Crippen LogP contribution < -0.4 is 4.72 Å². The molecule has 0 aliphatic carbocycles. The monoisotopic (exact) mass is 286 g/mol. The maximum atomic E-state index is 12.5. The van der Waals surface area contributed by atoms with Crippen molar-refractivity contribution in [3.8, 4) is 0 Å². The van der Waals surface area contributed by atoms with Crippen molar-refractivity contribution >= 4 is 26.6 Å². The molecule has 20 heavy (non-hydrogen) atoms. The minimum Gasteiger partial charge on any atom is -0.359 e. The van der Waals surface area contributed by atoms with Crippen molar-refractivity contribution in [2.24, 2.45) is 0 Å². The smallest absolute Gasteiger partial charge is 0.262 e. The first-order valence-electron chi connectivity index (χ1n) is 6.22. The zero-order valence-corrected chi connectivity index (χ0v) is 11.7. The predicted octanol–water partition coefficient (Wildman–Crippen LogP) is 3.28. The Morgan fingerprint density at radius 2 is 1.80 bits per heavy atom. The summed E-state index contributed by atoms with van der Waals surface area (Å²) in [5.74, 6) is 0. The molecule has 0 amide bonds. The molecule has 3 aromatic rings. The molecule has 0 saturated heterocycles. The molecule has 1 heterocycles. The molecule has 1 aromatic heterocycles. The van der Waals surface area contributed by atoms with E-state index in [1.165, 1.54) is 0 Å². The molecule has 102 valence electrons. The van der Waals surface area contributed by atoms with Crippen LogP contribution in [0.2, 0.25) is 0 Å². The number of sulfonamides is 1. The summed E-state index contributed by atoms with van der Waals surface area (Å²) in [4.78, 5) is 3.34. The number of aryl methyl sites for hydroxylation is 1. The number of H-pyrrole nitrogens is 1. The van der Waals surface area contributed by atoms with Gasteiger partial charge in [-0.3, -0.25) is 4.72 Å². The van der Waals surface area contributed by atoms with Gasteiger partial charge in [0.05, 0.1) is 16.1 Å². The van der Waals surface area contributed by atoms with E-state index in [-0.39, 0.29) is 0 Å². The fourth-order valence-electron chi connectivity index (χ4n) is 2.23. The van der Waals surface area contributed by atoms with Crippen LogP contribution in [0.4, 0.5) is 5.69 Å². The van der Waals surface area contributed by atoms with E-state index >= 15 is 0 Å². The maximum Gasteiger partial charge on any atom is 0.262 e. The average Bonchev–Trinajstić information content (AvgIpc) is 2.88. The van der Waals surface area contributed by atoms with Crippen LogP contribution in [0.25, 0.3) is 10.9 Å². The summed E-state index contributed by atoms with van der Waals surface area (Å²) in [5.41, 5.74) is 2.05. The summed E-state index contributed by atoms with van der Waals surface area (Å²) in [6.45, 7) is 1.78. The molecule has 0 radical (unpaired) electrons. The third-order valence-electron chi connectivity index (χ3n) is 3.21. The molecule has 0 aliphatic rings. The quantitative estimate of drug-likeness (QED) is 0.776. The Hall–Kier alpha value is -2.27. The van der Waals surface area contributed by atoms with Crippen molar-refractivity contribution in [2.45, 2.75) is 11.8 Å². The molecule has 0 atom stereocenters. The first kappa shape index (κ1) is 12.7. The Bertz CT molecular complexity index is 866. The Balaban J connectivity index is 2.06. The van der Waals surface area contributed by atoms with E-state index in [2.05, 4.69) is 9.71 Å². The highest BCUT2D eigenvalue weighted by Crippen LogP contribution is 2.25. The molecule has 3 rings (SSSR count). The van der Waals surface area contributed by atoms with Crippen LogP contribution in [-0.4, -0.2) is 13.4 Å². The van der Waals surface area contributed by atoms with Crippen molar-refractivity contribution in [1.29, 1.82) is 0 Å².